The molecular formula is C16H19N3. The van der Waals surface area contributed by atoms with Gasteiger partial charge in [-0.3, -0.25) is 0 Å². The molecule has 2 heterocycles. The molecule has 1 aromatic carbocycles. The second-order valence-corrected chi connectivity index (χ2v) is 6.09. The molecule has 2 aromatic heterocycles. The number of nitrogens with one attached hydrogen (secondary N) is 1. The molecule has 0 aliphatic heterocycles. The third-order valence-electron chi connectivity index (χ3n) is 3.11. The van der Waals surface area contributed by atoms with E-state index in [1.165, 1.54) is 5.56 Å². The van der Waals surface area contributed by atoms with Gasteiger partial charge in [0, 0.05) is 11.7 Å². The van der Waals surface area contributed by atoms with E-state index in [0.717, 1.165) is 22.4 Å². The summed E-state index contributed by atoms with van der Waals surface area (Å²) in [7, 11) is 0. The molecule has 3 rings (SSSR count). The van der Waals surface area contributed by atoms with E-state index in [4.69, 9.17) is 4.98 Å². The number of aryl methyl sites for hydroxylation is 1. The summed E-state index contributed by atoms with van der Waals surface area (Å²) < 4.78 is 2.20. The Bertz CT molecular complexity index is 748. The van der Waals surface area contributed by atoms with Crippen LogP contribution >= 0.6 is 0 Å². The summed E-state index contributed by atoms with van der Waals surface area (Å²) in [6.07, 6.45) is 2.09. The molecule has 0 spiro atoms. The summed E-state index contributed by atoms with van der Waals surface area (Å²) in [5.41, 5.74) is 4.53. The molecule has 98 valence electrons. The number of fused-ring (bicyclic) bond motifs is 3. The maximum Gasteiger partial charge on any atom is 0.151 e. The fourth-order valence-corrected chi connectivity index (χ4v) is 2.33. The van der Waals surface area contributed by atoms with E-state index in [1.807, 2.05) is 0 Å². The van der Waals surface area contributed by atoms with Crippen LogP contribution in [0.3, 0.4) is 0 Å². The highest BCUT2D eigenvalue weighted by Crippen LogP contribution is 2.25. The third-order valence-corrected chi connectivity index (χ3v) is 3.11. The molecule has 0 unspecified atom stereocenters. The molecule has 0 saturated heterocycles. The van der Waals surface area contributed by atoms with E-state index in [9.17, 15) is 0 Å². The Balaban J connectivity index is 2.32. The first-order valence-corrected chi connectivity index (χ1v) is 6.60. The van der Waals surface area contributed by atoms with Crippen molar-refractivity contribution in [2.75, 3.05) is 5.32 Å². The molecule has 3 heteroatoms. The Morgan fingerprint density at radius 2 is 1.89 bits per heavy atom. The lowest BCUT2D eigenvalue weighted by molar-refractivity contribution is 0.631. The summed E-state index contributed by atoms with van der Waals surface area (Å²) in [6, 6.07) is 10.5. The smallest absolute Gasteiger partial charge is 0.151 e. The van der Waals surface area contributed by atoms with E-state index in [-0.39, 0.29) is 5.54 Å². The van der Waals surface area contributed by atoms with Crippen LogP contribution in [0.5, 0.6) is 0 Å². The van der Waals surface area contributed by atoms with Gasteiger partial charge in [-0.2, -0.15) is 0 Å². The molecule has 1 N–H and O–H groups in total. The van der Waals surface area contributed by atoms with Crippen LogP contribution in [0, 0.1) is 6.92 Å². The van der Waals surface area contributed by atoms with E-state index in [2.05, 4.69) is 73.9 Å². The zero-order valence-electron chi connectivity index (χ0n) is 11.9. The van der Waals surface area contributed by atoms with Crippen LogP contribution in [0.25, 0.3) is 16.6 Å². The summed E-state index contributed by atoms with van der Waals surface area (Å²) >= 11 is 0. The van der Waals surface area contributed by atoms with Gasteiger partial charge < -0.3 is 9.72 Å². The number of nitrogens with zero attached hydrogens (tertiary/aromatic N) is 2. The van der Waals surface area contributed by atoms with Gasteiger partial charge in [0.15, 0.2) is 5.82 Å². The molecule has 0 radical (unpaired) electrons. The van der Waals surface area contributed by atoms with Crippen LogP contribution in [-0.4, -0.2) is 14.9 Å². The van der Waals surface area contributed by atoms with Gasteiger partial charge in [-0.15, -0.1) is 0 Å². The predicted octanol–water partition coefficient (Wildman–Crippen LogP) is 4.01. The zero-order chi connectivity index (χ0) is 13.6. The second kappa shape index (κ2) is 3.98. The average molecular weight is 253 g/mol. The Labute approximate surface area is 113 Å². The molecule has 0 aliphatic rings. The molecule has 0 atom stereocenters. The molecule has 0 saturated carbocycles. The molecule has 0 bridgehead atoms. The van der Waals surface area contributed by atoms with Crippen molar-refractivity contribution < 1.29 is 0 Å². The van der Waals surface area contributed by atoms with Crippen molar-refractivity contribution in [1.82, 2.24) is 9.38 Å². The van der Waals surface area contributed by atoms with Crippen LogP contribution in [0.4, 0.5) is 5.82 Å². The van der Waals surface area contributed by atoms with Crippen LogP contribution < -0.4 is 5.32 Å². The van der Waals surface area contributed by atoms with Crippen molar-refractivity contribution in [1.29, 1.82) is 0 Å². The Morgan fingerprint density at radius 3 is 2.63 bits per heavy atom. The minimum Gasteiger partial charge on any atom is -0.364 e. The largest absolute Gasteiger partial charge is 0.364 e. The monoisotopic (exact) mass is 253 g/mol. The van der Waals surface area contributed by atoms with Crippen molar-refractivity contribution in [2.24, 2.45) is 0 Å². The lowest BCUT2D eigenvalue weighted by Gasteiger charge is -2.22. The molecule has 0 amide bonds. The van der Waals surface area contributed by atoms with Crippen LogP contribution in [-0.2, 0) is 0 Å². The second-order valence-electron chi connectivity index (χ2n) is 6.09. The van der Waals surface area contributed by atoms with Crippen molar-refractivity contribution in [3.8, 4) is 0 Å². The fourth-order valence-electron chi connectivity index (χ4n) is 2.33. The topological polar surface area (TPSA) is 29.3 Å². The highest BCUT2D eigenvalue weighted by Gasteiger charge is 2.14. The van der Waals surface area contributed by atoms with Gasteiger partial charge in [0.1, 0.15) is 0 Å². The Morgan fingerprint density at radius 1 is 1.11 bits per heavy atom. The standard InChI is InChI=1S/C16H19N3/c1-11-7-8-12-14(10-11)19-9-5-6-13(19)15(17-12)18-16(2,3)4/h5-10H,1-4H3,(H,17,18). The maximum absolute atomic E-state index is 4.77. The number of hydrogen-bond acceptors (Lipinski definition) is 2. The average Bonchev–Trinajstić information content (AvgIpc) is 2.77. The highest BCUT2D eigenvalue weighted by molar-refractivity contribution is 5.85. The number of hydrogen-bond donors (Lipinski definition) is 1. The minimum atomic E-state index is -0.00384. The molecule has 0 fully saturated rings. The number of rotatable bonds is 1. The number of anilines is 1. The zero-order valence-corrected chi connectivity index (χ0v) is 11.9. The Kier molecular flexibility index (Phi) is 2.52. The third kappa shape index (κ3) is 2.16. The molecule has 3 aromatic rings. The summed E-state index contributed by atoms with van der Waals surface area (Å²) in [5, 5.41) is 3.49. The van der Waals surface area contributed by atoms with Gasteiger partial charge in [0.2, 0.25) is 0 Å². The van der Waals surface area contributed by atoms with Gasteiger partial charge in [-0.05, 0) is 57.5 Å². The van der Waals surface area contributed by atoms with Gasteiger partial charge in [0.05, 0.1) is 16.6 Å². The first-order chi connectivity index (χ1) is 8.94. The van der Waals surface area contributed by atoms with E-state index in [1.54, 1.807) is 0 Å². The van der Waals surface area contributed by atoms with E-state index < -0.39 is 0 Å². The number of aromatic nitrogens is 2. The summed E-state index contributed by atoms with van der Waals surface area (Å²) in [6.45, 7) is 8.55. The van der Waals surface area contributed by atoms with Gasteiger partial charge in [0.25, 0.3) is 0 Å². The first-order valence-electron chi connectivity index (χ1n) is 6.60. The maximum atomic E-state index is 4.77. The quantitative estimate of drug-likeness (QED) is 0.710. The highest BCUT2D eigenvalue weighted by atomic mass is 15.1. The summed E-state index contributed by atoms with van der Waals surface area (Å²) in [4.78, 5) is 4.77. The molecular weight excluding hydrogens is 234 g/mol. The molecule has 0 aliphatic carbocycles. The van der Waals surface area contributed by atoms with Crippen molar-refractivity contribution in [2.45, 2.75) is 33.2 Å². The van der Waals surface area contributed by atoms with Crippen LogP contribution in [0.2, 0.25) is 0 Å². The summed E-state index contributed by atoms with van der Waals surface area (Å²) in [5.74, 6) is 0.939. The van der Waals surface area contributed by atoms with E-state index >= 15 is 0 Å². The van der Waals surface area contributed by atoms with Gasteiger partial charge >= 0.3 is 0 Å². The lowest BCUT2D eigenvalue weighted by atomic mass is 10.1. The van der Waals surface area contributed by atoms with Crippen LogP contribution in [0.15, 0.2) is 36.5 Å². The van der Waals surface area contributed by atoms with Crippen LogP contribution in [0.1, 0.15) is 26.3 Å². The molecule has 19 heavy (non-hydrogen) atoms. The first kappa shape index (κ1) is 12.0. The van der Waals surface area contributed by atoms with Gasteiger partial charge in [-0.1, -0.05) is 6.07 Å². The number of benzene rings is 1. The van der Waals surface area contributed by atoms with E-state index in [0.29, 0.717) is 0 Å². The molecule has 3 nitrogen and oxygen atoms in total. The fraction of sp³-hybridized carbons (Fsp3) is 0.312. The van der Waals surface area contributed by atoms with Crippen molar-refractivity contribution in [3.63, 3.8) is 0 Å². The van der Waals surface area contributed by atoms with Crippen molar-refractivity contribution >= 4 is 22.4 Å². The SMILES string of the molecule is Cc1ccc2nc(NC(C)(C)C)c3cccn3c2c1. The Hall–Kier alpha value is -2.03. The lowest BCUT2D eigenvalue weighted by Crippen LogP contribution is -2.27. The normalized spacial score (nSPS) is 12.2. The van der Waals surface area contributed by atoms with Crippen molar-refractivity contribution in [3.05, 3.63) is 42.1 Å². The van der Waals surface area contributed by atoms with Gasteiger partial charge in [-0.25, -0.2) is 4.98 Å². The minimum absolute atomic E-state index is 0.00384. The predicted molar refractivity (Wildman–Crippen MR) is 80.8 cm³/mol.